The number of carbonyl (C=O) groups is 1. The van der Waals surface area contributed by atoms with Crippen LogP contribution in [-0.4, -0.2) is 24.3 Å². The molecule has 0 heterocycles. The maximum atomic E-state index is 12.0. The van der Waals surface area contributed by atoms with Gasteiger partial charge in [-0.3, -0.25) is 4.79 Å². The third-order valence-electron chi connectivity index (χ3n) is 13.0. The van der Waals surface area contributed by atoms with Crippen LogP contribution in [0.5, 0.6) is 0 Å². The molecule has 0 bridgehead atoms. The first-order valence-electron chi connectivity index (χ1n) is 27.7. The standard InChI is InChI=1S/C56H110O3/c1-2-3-4-5-6-7-8-35-38-41-44-47-50-53-56(58)59-55-52-49-46-43-40-37-34-32-30-28-26-24-22-20-18-16-14-12-10-9-11-13-15-17-19-21-23-25-27-29-31-33-36-39-42-45-48-51-54-57/h7-8,57H,2-6,9-55H2,1H3/b8-7-. The summed E-state index contributed by atoms with van der Waals surface area (Å²) < 4.78 is 5.47. The Balaban J connectivity index is 3.13. The van der Waals surface area contributed by atoms with E-state index in [0.717, 1.165) is 25.7 Å². The lowest BCUT2D eigenvalue weighted by Crippen LogP contribution is -2.05. The largest absolute Gasteiger partial charge is 0.466 e. The second-order valence-electron chi connectivity index (χ2n) is 19.0. The van der Waals surface area contributed by atoms with Crippen LogP contribution in [0.25, 0.3) is 0 Å². The van der Waals surface area contributed by atoms with Gasteiger partial charge in [0.2, 0.25) is 0 Å². The first-order valence-corrected chi connectivity index (χ1v) is 27.7. The fourth-order valence-electron chi connectivity index (χ4n) is 8.82. The maximum absolute atomic E-state index is 12.0. The second-order valence-corrected chi connectivity index (χ2v) is 19.0. The topological polar surface area (TPSA) is 46.5 Å². The van der Waals surface area contributed by atoms with Gasteiger partial charge in [0.05, 0.1) is 6.61 Å². The minimum Gasteiger partial charge on any atom is -0.466 e. The molecule has 0 spiro atoms. The first-order chi connectivity index (χ1) is 29.3. The molecule has 3 heteroatoms. The summed E-state index contributed by atoms with van der Waals surface area (Å²) in [7, 11) is 0. The van der Waals surface area contributed by atoms with Crippen LogP contribution in [0.3, 0.4) is 0 Å². The molecule has 3 nitrogen and oxygen atoms in total. The van der Waals surface area contributed by atoms with E-state index in [1.807, 2.05) is 0 Å². The Morgan fingerprint density at radius 3 is 0.847 bits per heavy atom. The number of aliphatic hydroxyl groups excluding tert-OH is 1. The molecular formula is C56H110O3. The Morgan fingerprint density at radius 1 is 0.322 bits per heavy atom. The molecule has 0 amide bonds. The number of allylic oxidation sites excluding steroid dienone is 2. The van der Waals surface area contributed by atoms with E-state index < -0.39 is 0 Å². The number of rotatable bonds is 53. The third-order valence-corrected chi connectivity index (χ3v) is 13.0. The Kier molecular flexibility index (Phi) is 54.4. The van der Waals surface area contributed by atoms with Crippen LogP contribution in [-0.2, 0) is 9.53 Å². The van der Waals surface area contributed by atoms with Crippen molar-refractivity contribution >= 4 is 5.97 Å². The maximum Gasteiger partial charge on any atom is 0.305 e. The van der Waals surface area contributed by atoms with Gasteiger partial charge in [-0.25, -0.2) is 0 Å². The summed E-state index contributed by atoms with van der Waals surface area (Å²) in [6, 6.07) is 0. The number of hydrogen-bond donors (Lipinski definition) is 1. The zero-order valence-electron chi connectivity index (χ0n) is 40.7. The van der Waals surface area contributed by atoms with Gasteiger partial charge in [-0.15, -0.1) is 0 Å². The molecule has 0 aromatic carbocycles. The van der Waals surface area contributed by atoms with E-state index in [9.17, 15) is 4.79 Å². The number of ether oxygens (including phenoxy) is 1. The molecule has 0 aromatic rings. The molecule has 0 unspecified atom stereocenters. The Bertz CT molecular complexity index is 777. The number of esters is 1. The predicted molar refractivity (Wildman–Crippen MR) is 264 cm³/mol. The normalized spacial score (nSPS) is 11.7. The molecule has 0 atom stereocenters. The van der Waals surface area contributed by atoms with Crippen molar-refractivity contribution < 1.29 is 14.6 Å². The van der Waals surface area contributed by atoms with Crippen molar-refractivity contribution in [3.8, 4) is 0 Å². The van der Waals surface area contributed by atoms with E-state index in [2.05, 4.69) is 19.1 Å². The van der Waals surface area contributed by atoms with Gasteiger partial charge >= 0.3 is 5.97 Å². The van der Waals surface area contributed by atoms with Crippen molar-refractivity contribution in [3.05, 3.63) is 12.2 Å². The van der Waals surface area contributed by atoms with Gasteiger partial charge in [0, 0.05) is 13.0 Å². The smallest absolute Gasteiger partial charge is 0.305 e. The van der Waals surface area contributed by atoms with Crippen LogP contribution in [0.1, 0.15) is 328 Å². The first kappa shape index (κ1) is 58.2. The molecule has 0 radical (unpaired) electrons. The number of hydrogen-bond acceptors (Lipinski definition) is 3. The lowest BCUT2D eigenvalue weighted by molar-refractivity contribution is -0.143. The summed E-state index contributed by atoms with van der Waals surface area (Å²) in [6.45, 7) is 3.27. The zero-order valence-corrected chi connectivity index (χ0v) is 40.7. The summed E-state index contributed by atoms with van der Waals surface area (Å²) in [5, 5.41) is 8.82. The van der Waals surface area contributed by atoms with Crippen LogP contribution in [0.15, 0.2) is 12.2 Å². The fourth-order valence-corrected chi connectivity index (χ4v) is 8.82. The molecule has 0 aromatic heterocycles. The molecule has 0 saturated heterocycles. The lowest BCUT2D eigenvalue weighted by Gasteiger charge is -2.06. The molecule has 0 saturated carbocycles. The van der Waals surface area contributed by atoms with Crippen LogP contribution in [0.2, 0.25) is 0 Å². The van der Waals surface area contributed by atoms with Crippen LogP contribution >= 0.6 is 0 Å². The Morgan fingerprint density at radius 2 is 0.559 bits per heavy atom. The zero-order chi connectivity index (χ0) is 42.5. The molecule has 59 heavy (non-hydrogen) atoms. The lowest BCUT2D eigenvalue weighted by atomic mass is 10.0. The summed E-state index contributed by atoms with van der Waals surface area (Å²) in [4.78, 5) is 12.0. The SMILES string of the molecule is CCCCCC/C=C\CCCCCCCC(=O)OCCCCCCCCCCCCCCCCCCCCCCCCCCCCCCCCCCCCCCCCO. The average Bonchev–Trinajstić information content (AvgIpc) is 3.24. The van der Waals surface area contributed by atoms with Crippen molar-refractivity contribution in [2.45, 2.75) is 328 Å². The predicted octanol–water partition coefficient (Wildman–Crippen LogP) is 19.6. The van der Waals surface area contributed by atoms with Crippen molar-refractivity contribution in [1.29, 1.82) is 0 Å². The molecule has 0 rings (SSSR count). The molecule has 352 valence electrons. The van der Waals surface area contributed by atoms with E-state index >= 15 is 0 Å². The molecule has 0 aliphatic rings. The van der Waals surface area contributed by atoms with Gasteiger partial charge in [0.15, 0.2) is 0 Å². The van der Waals surface area contributed by atoms with E-state index in [4.69, 9.17) is 9.84 Å². The molecule has 0 aliphatic carbocycles. The minimum atomic E-state index is 0.0188. The van der Waals surface area contributed by atoms with E-state index in [1.165, 1.54) is 289 Å². The summed E-state index contributed by atoms with van der Waals surface area (Å²) in [5.74, 6) is 0.0188. The van der Waals surface area contributed by atoms with Gasteiger partial charge in [0.25, 0.3) is 0 Å². The highest BCUT2D eigenvalue weighted by molar-refractivity contribution is 5.69. The van der Waals surface area contributed by atoms with Crippen molar-refractivity contribution in [3.63, 3.8) is 0 Å². The number of unbranched alkanes of at least 4 members (excludes halogenated alkanes) is 46. The van der Waals surface area contributed by atoms with Crippen LogP contribution < -0.4 is 0 Å². The summed E-state index contributed by atoms with van der Waals surface area (Å²) >= 11 is 0. The quantitative estimate of drug-likeness (QED) is 0.0377. The van der Waals surface area contributed by atoms with Gasteiger partial charge in [-0.1, -0.05) is 289 Å². The molecule has 0 aliphatic heterocycles. The Labute approximate surface area is 372 Å². The Hall–Kier alpha value is -0.830. The van der Waals surface area contributed by atoms with Gasteiger partial charge in [-0.2, -0.15) is 0 Å². The number of aliphatic hydroxyl groups is 1. The molecule has 0 fully saturated rings. The van der Waals surface area contributed by atoms with E-state index in [-0.39, 0.29) is 5.97 Å². The summed E-state index contributed by atoms with van der Waals surface area (Å²) in [6.07, 6.45) is 72.6. The van der Waals surface area contributed by atoms with Crippen molar-refractivity contribution in [1.82, 2.24) is 0 Å². The van der Waals surface area contributed by atoms with Gasteiger partial charge in [-0.05, 0) is 44.9 Å². The molecule has 1 N–H and O–H groups in total. The summed E-state index contributed by atoms with van der Waals surface area (Å²) in [5.41, 5.74) is 0. The fraction of sp³-hybridized carbons (Fsp3) is 0.946. The van der Waals surface area contributed by atoms with Crippen molar-refractivity contribution in [2.75, 3.05) is 13.2 Å². The third kappa shape index (κ3) is 55.2. The van der Waals surface area contributed by atoms with Gasteiger partial charge < -0.3 is 9.84 Å². The van der Waals surface area contributed by atoms with E-state index in [0.29, 0.717) is 19.6 Å². The van der Waals surface area contributed by atoms with Gasteiger partial charge in [0.1, 0.15) is 0 Å². The highest BCUT2D eigenvalue weighted by atomic mass is 16.5. The van der Waals surface area contributed by atoms with E-state index in [1.54, 1.807) is 0 Å². The highest BCUT2D eigenvalue weighted by Gasteiger charge is 2.03. The molecular weight excluding hydrogens is 721 g/mol. The highest BCUT2D eigenvalue weighted by Crippen LogP contribution is 2.18. The number of carbonyl (C=O) groups excluding carboxylic acids is 1. The van der Waals surface area contributed by atoms with Crippen molar-refractivity contribution in [2.24, 2.45) is 0 Å². The average molecular weight is 831 g/mol. The second kappa shape index (κ2) is 55.2. The monoisotopic (exact) mass is 831 g/mol. The van der Waals surface area contributed by atoms with Crippen LogP contribution in [0, 0.1) is 0 Å². The van der Waals surface area contributed by atoms with Crippen LogP contribution in [0.4, 0.5) is 0 Å². The minimum absolute atomic E-state index is 0.0188.